The van der Waals surface area contributed by atoms with E-state index in [1.54, 1.807) is 6.92 Å². The maximum atomic E-state index is 12.2. The number of pyridine rings is 1. The standard InChI is InChI=1S/C13H12ClN3O3S/c1-8-6-11(7-16-12(8)14)21(19,20)17-10-4-2-9(3-5-10)13(15)18/h2-7,17H,1H3,(H2,15,18). The molecule has 2 aromatic rings. The Hall–Kier alpha value is -2.12. The average molecular weight is 326 g/mol. The van der Waals surface area contributed by atoms with Gasteiger partial charge in [-0.05, 0) is 42.8 Å². The molecule has 0 atom stereocenters. The maximum absolute atomic E-state index is 12.2. The first-order valence-corrected chi connectivity index (χ1v) is 7.70. The first-order chi connectivity index (χ1) is 9.79. The number of carbonyl (C=O) groups excluding carboxylic acids is 1. The summed E-state index contributed by atoms with van der Waals surface area (Å²) in [5.74, 6) is -0.582. The van der Waals surface area contributed by atoms with Crippen molar-refractivity contribution < 1.29 is 13.2 Å². The topological polar surface area (TPSA) is 102 Å². The highest BCUT2D eigenvalue weighted by Gasteiger charge is 2.16. The molecule has 1 heterocycles. The first-order valence-electron chi connectivity index (χ1n) is 5.84. The largest absolute Gasteiger partial charge is 0.366 e. The summed E-state index contributed by atoms with van der Waals surface area (Å²) in [6.07, 6.45) is 1.18. The third-order valence-corrected chi connectivity index (χ3v) is 4.47. The smallest absolute Gasteiger partial charge is 0.263 e. The van der Waals surface area contributed by atoms with Crippen LogP contribution in [0.4, 0.5) is 5.69 Å². The van der Waals surface area contributed by atoms with Gasteiger partial charge in [0.15, 0.2) is 0 Å². The van der Waals surface area contributed by atoms with Crippen LogP contribution in [0.3, 0.4) is 0 Å². The molecule has 0 unspecified atom stereocenters. The number of nitrogens with two attached hydrogens (primary N) is 1. The SMILES string of the molecule is Cc1cc(S(=O)(=O)Nc2ccc(C(N)=O)cc2)cnc1Cl. The van der Waals surface area contributed by atoms with E-state index in [1.807, 2.05) is 0 Å². The number of benzene rings is 1. The molecule has 0 aliphatic heterocycles. The van der Waals surface area contributed by atoms with E-state index in [1.165, 1.54) is 36.5 Å². The van der Waals surface area contributed by atoms with Crippen molar-refractivity contribution in [1.29, 1.82) is 0 Å². The van der Waals surface area contributed by atoms with Crippen molar-refractivity contribution >= 4 is 33.2 Å². The van der Waals surface area contributed by atoms with Crippen LogP contribution in [0.2, 0.25) is 5.15 Å². The highest BCUT2D eigenvalue weighted by atomic mass is 35.5. The number of nitrogens with zero attached hydrogens (tertiary/aromatic N) is 1. The Morgan fingerprint density at radius 1 is 1.29 bits per heavy atom. The van der Waals surface area contributed by atoms with Gasteiger partial charge < -0.3 is 5.73 Å². The number of aromatic nitrogens is 1. The maximum Gasteiger partial charge on any atom is 0.263 e. The zero-order valence-electron chi connectivity index (χ0n) is 11.0. The zero-order valence-corrected chi connectivity index (χ0v) is 12.6. The quantitative estimate of drug-likeness (QED) is 0.838. The molecule has 0 saturated heterocycles. The monoisotopic (exact) mass is 325 g/mol. The van der Waals surface area contributed by atoms with Gasteiger partial charge in [0.05, 0.1) is 0 Å². The number of aryl methyl sites for hydroxylation is 1. The van der Waals surface area contributed by atoms with Crippen LogP contribution in [0, 0.1) is 6.92 Å². The van der Waals surface area contributed by atoms with Gasteiger partial charge in [0.2, 0.25) is 5.91 Å². The van der Waals surface area contributed by atoms with Gasteiger partial charge in [-0.1, -0.05) is 11.6 Å². The molecule has 21 heavy (non-hydrogen) atoms. The number of sulfonamides is 1. The highest BCUT2D eigenvalue weighted by Crippen LogP contribution is 2.19. The van der Waals surface area contributed by atoms with Crippen molar-refractivity contribution in [2.24, 2.45) is 5.73 Å². The van der Waals surface area contributed by atoms with E-state index in [-0.39, 0.29) is 10.0 Å². The van der Waals surface area contributed by atoms with E-state index in [0.717, 1.165) is 0 Å². The van der Waals surface area contributed by atoms with E-state index >= 15 is 0 Å². The number of nitrogens with one attached hydrogen (secondary N) is 1. The van der Waals surface area contributed by atoms with Crippen molar-refractivity contribution in [2.45, 2.75) is 11.8 Å². The highest BCUT2D eigenvalue weighted by molar-refractivity contribution is 7.92. The summed E-state index contributed by atoms with van der Waals surface area (Å²) in [7, 11) is -3.77. The van der Waals surface area contributed by atoms with Crippen molar-refractivity contribution in [1.82, 2.24) is 4.98 Å². The van der Waals surface area contributed by atoms with Gasteiger partial charge in [0, 0.05) is 17.4 Å². The number of hydrogen-bond donors (Lipinski definition) is 2. The van der Waals surface area contributed by atoms with Crippen molar-refractivity contribution in [2.75, 3.05) is 4.72 Å². The van der Waals surface area contributed by atoms with Crippen molar-refractivity contribution in [3.8, 4) is 0 Å². The molecular formula is C13H12ClN3O3S. The lowest BCUT2D eigenvalue weighted by atomic mass is 10.2. The molecule has 0 aliphatic rings. The molecule has 0 saturated carbocycles. The molecule has 1 aromatic carbocycles. The van der Waals surface area contributed by atoms with Gasteiger partial charge in [-0.2, -0.15) is 0 Å². The fraction of sp³-hybridized carbons (Fsp3) is 0.0769. The lowest BCUT2D eigenvalue weighted by Crippen LogP contribution is -2.14. The van der Waals surface area contributed by atoms with Crippen LogP contribution in [-0.4, -0.2) is 19.3 Å². The second-order valence-corrected chi connectivity index (χ2v) is 6.37. The number of hydrogen-bond acceptors (Lipinski definition) is 4. The Kier molecular flexibility index (Phi) is 4.15. The minimum atomic E-state index is -3.77. The van der Waals surface area contributed by atoms with Gasteiger partial charge in [-0.25, -0.2) is 13.4 Å². The number of carbonyl (C=O) groups is 1. The first kappa shape index (κ1) is 15.3. The molecule has 110 valence electrons. The third-order valence-electron chi connectivity index (χ3n) is 2.72. The fourth-order valence-electron chi connectivity index (χ4n) is 1.60. The van der Waals surface area contributed by atoms with E-state index < -0.39 is 15.9 Å². The van der Waals surface area contributed by atoms with Gasteiger partial charge in [-0.15, -0.1) is 0 Å². The van der Waals surface area contributed by atoms with E-state index in [2.05, 4.69) is 9.71 Å². The molecule has 0 fully saturated rings. The molecule has 8 heteroatoms. The van der Waals surface area contributed by atoms with Gasteiger partial charge in [0.1, 0.15) is 10.0 Å². The van der Waals surface area contributed by atoms with E-state index in [9.17, 15) is 13.2 Å². The number of primary amides is 1. The number of rotatable bonds is 4. The molecule has 0 radical (unpaired) electrons. The van der Waals surface area contributed by atoms with Gasteiger partial charge >= 0.3 is 0 Å². The Bertz CT molecular complexity index is 789. The number of amides is 1. The van der Waals surface area contributed by atoms with Gasteiger partial charge in [-0.3, -0.25) is 9.52 Å². The van der Waals surface area contributed by atoms with Crippen LogP contribution in [0.5, 0.6) is 0 Å². The minimum absolute atomic E-state index is 0.00313. The van der Waals surface area contributed by atoms with Crippen molar-refractivity contribution in [3.05, 3.63) is 52.8 Å². The molecule has 0 aliphatic carbocycles. The predicted molar refractivity (Wildman–Crippen MR) is 79.8 cm³/mol. The summed E-state index contributed by atoms with van der Waals surface area (Å²) in [6.45, 7) is 1.66. The van der Waals surface area contributed by atoms with Crippen LogP contribution in [0.1, 0.15) is 15.9 Å². The van der Waals surface area contributed by atoms with Crippen LogP contribution in [-0.2, 0) is 10.0 Å². The lowest BCUT2D eigenvalue weighted by molar-refractivity contribution is 0.100. The molecule has 6 nitrogen and oxygen atoms in total. The molecule has 0 bridgehead atoms. The molecule has 1 aromatic heterocycles. The summed E-state index contributed by atoms with van der Waals surface area (Å²) >= 11 is 5.77. The number of halogens is 1. The lowest BCUT2D eigenvalue weighted by Gasteiger charge is -2.09. The Morgan fingerprint density at radius 3 is 2.43 bits per heavy atom. The zero-order chi connectivity index (χ0) is 15.6. The van der Waals surface area contributed by atoms with E-state index in [0.29, 0.717) is 16.8 Å². The van der Waals surface area contributed by atoms with Gasteiger partial charge in [0.25, 0.3) is 10.0 Å². The molecule has 3 N–H and O–H groups in total. The van der Waals surface area contributed by atoms with Crippen molar-refractivity contribution in [3.63, 3.8) is 0 Å². The Balaban J connectivity index is 2.28. The normalized spacial score (nSPS) is 11.1. The second kappa shape index (κ2) is 5.71. The third kappa shape index (κ3) is 3.50. The number of anilines is 1. The summed E-state index contributed by atoms with van der Waals surface area (Å²) in [6, 6.07) is 7.20. The predicted octanol–water partition coefficient (Wildman–Crippen LogP) is 1.94. The molecule has 1 amide bonds. The van der Waals surface area contributed by atoms with E-state index in [4.69, 9.17) is 17.3 Å². The molecule has 2 rings (SSSR count). The molecule has 0 spiro atoms. The van der Waals surface area contributed by atoms with Crippen LogP contribution in [0.25, 0.3) is 0 Å². The van der Waals surface area contributed by atoms with Crippen LogP contribution < -0.4 is 10.5 Å². The Labute approximate surface area is 127 Å². The Morgan fingerprint density at radius 2 is 1.90 bits per heavy atom. The van der Waals surface area contributed by atoms with Crippen LogP contribution in [0.15, 0.2) is 41.4 Å². The van der Waals surface area contributed by atoms with Crippen LogP contribution >= 0.6 is 11.6 Å². The summed E-state index contributed by atoms with van der Waals surface area (Å²) in [4.78, 5) is 14.8. The average Bonchev–Trinajstić information content (AvgIpc) is 2.42. The summed E-state index contributed by atoms with van der Waals surface area (Å²) in [5, 5.41) is 0.250. The second-order valence-electron chi connectivity index (χ2n) is 4.33. The minimum Gasteiger partial charge on any atom is -0.366 e. The molecular weight excluding hydrogens is 314 g/mol. The summed E-state index contributed by atoms with van der Waals surface area (Å²) < 4.78 is 26.8. The summed E-state index contributed by atoms with van der Waals surface area (Å²) in [5.41, 5.74) is 6.28. The fourth-order valence-corrected chi connectivity index (χ4v) is 2.79.